The van der Waals surface area contributed by atoms with Gasteiger partial charge in [-0.2, -0.15) is 0 Å². The van der Waals surface area contributed by atoms with Crippen molar-refractivity contribution < 1.29 is 4.79 Å². The second kappa shape index (κ2) is 5.97. The van der Waals surface area contributed by atoms with E-state index in [2.05, 4.69) is 26.2 Å². The fourth-order valence-corrected chi connectivity index (χ4v) is 2.08. The van der Waals surface area contributed by atoms with Gasteiger partial charge in [-0.3, -0.25) is 9.78 Å². The van der Waals surface area contributed by atoms with Gasteiger partial charge in [-0.15, -0.1) is 0 Å². The Morgan fingerprint density at radius 3 is 2.74 bits per heavy atom. The molecule has 0 saturated carbocycles. The molecule has 3 nitrogen and oxygen atoms in total. The number of hydrogen-bond donors (Lipinski definition) is 1. The maximum atomic E-state index is 12.1. The smallest absolute Gasteiger partial charge is 0.251 e. The third-order valence-electron chi connectivity index (χ3n) is 2.87. The number of nitrogens with one attached hydrogen (secondary N) is 1. The Morgan fingerprint density at radius 2 is 2.05 bits per heavy atom. The minimum atomic E-state index is -0.0700. The van der Waals surface area contributed by atoms with Gasteiger partial charge >= 0.3 is 0 Å². The standard InChI is InChI=1S/C15H15BrN2O/c1-10-3-6-13(16)7-14(10)15(19)18-9-12-5-4-11(2)17-8-12/h3-8H,9H2,1-2H3,(H,18,19). The van der Waals surface area contributed by atoms with Crippen LogP contribution < -0.4 is 5.32 Å². The predicted molar refractivity (Wildman–Crippen MR) is 79.0 cm³/mol. The fourth-order valence-electron chi connectivity index (χ4n) is 1.72. The van der Waals surface area contributed by atoms with E-state index in [1.165, 1.54) is 0 Å². The first-order valence-electron chi connectivity index (χ1n) is 6.02. The second-order valence-corrected chi connectivity index (χ2v) is 5.37. The Hall–Kier alpha value is -1.68. The van der Waals surface area contributed by atoms with Gasteiger partial charge in [0.05, 0.1) is 0 Å². The van der Waals surface area contributed by atoms with Gasteiger partial charge < -0.3 is 5.32 Å². The first-order chi connectivity index (χ1) is 9.06. The number of aromatic nitrogens is 1. The van der Waals surface area contributed by atoms with Crippen molar-refractivity contribution in [1.29, 1.82) is 0 Å². The molecule has 2 rings (SSSR count). The lowest BCUT2D eigenvalue weighted by molar-refractivity contribution is 0.0950. The largest absolute Gasteiger partial charge is 0.348 e. The molecule has 4 heteroatoms. The summed E-state index contributed by atoms with van der Waals surface area (Å²) in [7, 11) is 0. The monoisotopic (exact) mass is 318 g/mol. The minimum Gasteiger partial charge on any atom is -0.348 e. The number of halogens is 1. The van der Waals surface area contributed by atoms with Crippen molar-refractivity contribution in [3.8, 4) is 0 Å². The molecule has 1 N–H and O–H groups in total. The van der Waals surface area contributed by atoms with Crippen molar-refractivity contribution in [1.82, 2.24) is 10.3 Å². The van der Waals surface area contributed by atoms with Crippen LogP contribution in [0, 0.1) is 13.8 Å². The zero-order valence-corrected chi connectivity index (χ0v) is 12.5. The lowest BCUT2D eigenvalue weighted by Crippen LogP contribution is -2.23. The van der Waals surface area contributed by atoms with Crippen molar-refractivity contribution in [3.63, 3.8) is 0 Å². The van der Waals surface area contributed by atoms with Gasteiger partial charge in [-0.05, 0) is 43.2 Å². The molecular formula is C15H15BrN2O. The van der Waals surface area contributed by atoms with Crippen LogP contribution in [0.25, 0.3) is 0 Å². The number of rotatable bonds is 3. The molecule has 0 aliphatic heterocycles. The molecule has 0 spiro atoms. The average molecular weight is 319 g/mol. The van der Waals surface area contributed by atoms with Crippen molar-refractivity contribution >= 4 is 21.8 Å². The van der Waals surface area contributed by atoms with Gasteiger partial charge in [0.15, 0.2) is 0 Å². The molecule has 0 atom stereocenters. The normalized spacial score (nSPS) is 10.3. The molecule has 0 aliphatic rings. The fraction of sp³-hybridized carbons (Fsp3) is 0.200. The topological polar surface area (TPSA) is 42.0 Å². The number of aryl methyl sites for hydroxylation is 2. The molecule has 1 aromatic carbocycles. The summed E-state index contributed by atoms with van der Waals surface area (Å²) in [4.78, 5) is 16.3. The van der Waals surface area contributed by atoms with Crippen LogP contribution >= 0.6 is 15.9 Å². The molecule has 0 radical (unpaired) electrons. The molecular weight excluding hydrogens is 304 g/mol. The van der Waals surface area contributed by atoms with E-state index in [4.69, 9.17) is 0 Å². The first-order valence-corrected chi connectivity index (χ1v) is 6.81. The molecule has 0 saturated heterocycles. The van der Waals surface area contributed by atoms with E-state index in [1.807, 2.05) is 44.2 Å². The highest BCUT2D eigenvalue weighted by Gasteiger charge is 2.09. The molecule has 0 fully saturated rings. The number of nitrogens with zero attached hydrogens (tertiary/aromatic N) is 1. The van der Waals surface area contributed by atoms with E-state index in [9.17, 15) is 4.79 Å². The van der Waals surface area contributed by atoms with Crippen molar-refractivity contribution in [2.45, 2.75) is 20.4 Å². The van der Waals surface area contributed by atoms with Gasteiger partial charge in [0.25, 0.3) is 5.91 Å². The van der Waals surface area contributed by atoms with Crippen LogP contribution in [0.3, 0.4) is 0 Å². The summed E-state index contributed by atoms with van der Waals surface area (Å²) >= 11 is 3.38. The highest BCUT2D eigenvalue weighted by atomic mass is 79.9. The van der Waals surface area contributed by atoms with Crippen LogP contribution in [0.15, 0.2) is 41.0 Å². The van der Waals surface area contributed by atoms with Gasteiger partial charge in [0, 0.05) is 28.5 Å². The molecule has 2 aromatic rings. The summed E-state index contributed by atoms with van der Waals surface area (Å²) in [6, 6.07) is 9.59. The zero-order chi connectivity index (χ0) is 13.8. The number of benzene rings is 1. The summed E-state index contributed by atoms with van der Waals surface area (Å²) in [5, 5.41) is 2.90. The third-order valence-corrected chi connectivity index (χ3v) is 3.36. The summed E-state index contributed by atoms with van der Waals surface area (Å²) in [5.41, 5.74) is 3.61. The molecule has 1 aromatic heterocycles. The Balaban J connectivity index is 2.05. The van der Waals surface area contributed by atoms with E-state index in [1.54, 1.807) is 6.20 Å². The number of pyridine rings is 1. The van der Waals surface area contributed by atoms with E-state index in [0.29, 0.717) is 12.1 Å². The Morgan fingerprint density at radius 1 is 1.26 bits per heavy atom. The molecule has 1 amide bonds. The number of carbonyl (C=O) groups is 1. The van der Waals surface area contributed by atoms with Crippen LogP contribution in [-0.4, -0.2) is 10.9 Å². The van der Waals surface area contributed by atoms with Crippen LogP contribution in [-0.2, 0) is 6.54 Å². The number of hydrogen-bond acceptors (Lipinski definition) is 2. The molecule has 0 aliphatic carbocycles. The SMILES string of the molecule is Cc1ccc(CNC(=O)c2cc(Br)ccc2C)cn1. The zero-order valence-electron chi connectivity index (χ0n) is 10.9. The predicted octanol–water partition coefficient (Wildman–Crippen LogP) is 3.39. The minimum absolute atomic E-state index is 0.0700. The summed E-state index contributed by atoms with van der Waals surface area (Å²) in [6.45, 7) is 4.35. The molecule has 1 heterocycles. The summed E-state index contributed by atoms with van der Waals surface area (Å²) in [5.74, 6) is -0.0700. The van der Waals surface area contributed by atoms with E-state index in [0.717, 1.165) is 21.3 Å². The molecule has 19 heavy (non-hydrogen) atoms. The highest BCUT2D eigenvalue weighted by molar-refractivity contribution is 9.10. The van der Waals surface area contributed by atoms with Gasteiger partial charge in [0.1, 0.15) is 0 Å². The number of carbonyl (C=O) groups excluding carboxylic acids is 1. The van der Waals surface area contributed by atoms with E-state index in [-0.39, 0.29) is 5.91 Å². The van der Waals surface area contributed by atoms with E-state index < -0.39 is 0 Å². The quantitative estimate of drug-likeness (QED) is 0.942. The highest BCUT2D eigenvalue weighted by Crippen LogP contribution is 2.16. The maximum absolute atomic E-state index is 12.1. The first kappa shape index (κ1) is 13.7. The third kappa shape index (κ3) is 3.64. The molecule has 0 bridgehead atoms. The van der Waals surface area contributed by atoms with Crippen molar-refractivity contribution in [2.24, 2.45) is 0 Å². The van der Waals surface area contributed by atoms with Gasteiger partial charge in [-0.1, -0.05) is 28.1 Å². The second-order valence-electron chi connectivity index (χ2n) is 4.45. The van der Waals surface area contributed by atoms with Crippen LogP contribution in [0.5, 0.6) is 0 Å². The Bertz CT molecular complexity index is 594. The van der Waals surface area contributed by atoms with Crippen LogP contribution in [0.4, 0.5) is 0 Å². The van der Waals surface area contributed by atoms with Crippen molar-refractivity contribution in [3.05, 3.63) is 63.4 Å². The summed E-state index contributed by atoms with van der Waals surface area (Å²) in [6.07, 6.45) is 1.78. The number of amides is 1. The van der Waals surface area contributed by atoms with Gasteiger partial charge in [-0.25, -0.2) is 0 Å². The summed E-state index contributed by atoms with van der Waals surface area (Å²) < 4.78 is 0.903. The average Bonchev–Trinajstić information content (AvgIpc) is 2.40. The van der Waals surface area contributed by atoms with Gasteiger partial charge in [0.2, 0.25) is 0 Å². The van der Waals surface area contributed by atoms with Crippen LogP contribution in [0.2, 0.25) is 0 Å². The lowest BCUT2D eigenvalue weighted by Gasteiger charge is -2.08. The van der Waals surface area contributed by atoms with E-state index >= 15 is 0 Å². The Labute approximate surface area is 121 Å². The van der Waals surface area contributed by atoms with Crippen LogP contribution in [0.1, 0.15) is 27.2 Å². The molecule has 0 unspecified atom stereocenters. The maximum Gasteiger partial charge on any atom is 0.251 e. The van der Waals surface area contributed by atoms with Crippen molar-refractivity contribution in [2.75, 3.05) is 0 Å². The Kier molecular flexibility index (Phi) is 4.32. The molecule has 98 valence electrons. The lowest BCUT2D eigenvalue weighted by atomic mass is 10.1.